The minimum atomic E-state index is -4.63. The molecule has 0 bridgehead atoms. The molecule has 1 aliphatic rings. The van der Waals surface area contributed by atoms with Gasteiger partial charge in [0.25, 0.3) is 10.0 Å². The third kappa shape index (κ3) is 4.03. The van der Waals surface area contributed by atoms with E-state index < -0.39 is 36.6 Å². The molecule has 2 aromatic rings. The second-order valence-corrected chi connectivity index (χ2v) is 11.3. The number of alkyl halides is 3. The van der Waals surface area contributed by atoms with Gasteiger partial charge in [0.15, 0.2) is 5.03 Å². The summed E-state index contributed by atoms with van der Waals surface area (Å²) < 4.78 is 89.1. The van der Waals surface area contributed by atoms with Gasteiger partial charge in [0.05, 0.1) is 5.56 Å². The highest BCUT2D eigenvalue weighted by atomic mass is 32.3. The van der Waals surface area contributed by atoms with Crippen LogP contribution >= 0.6 is 11.3 Å². The molecular formula is C15H15F3N2O4S3. The van der Waals surface area contributed by atoms with Crippen LogP contribution in [0.2, 0.25) is 0 Å². The zero-order valence-electron chi connectivity index (χ0n) is 13.8. The molecule has 1 fully saturated rings. The second-order valence-electron chi connectivity index (χ2n) is 5.92. The van der Waals surface area contributed by atoms with E-state index >= 15 is 0 Å². The molecule has 1 saturated heterocycles. The molecule has 0 amide bonds. The number of pyridine rings is 1. The van der Waals surface area contributed by atoms with E-state index in [2.05, 4.69) is 4.98 Å². The van der Waals surface area contributed by atoms with Gasteiger partial charge in [-0.3, -0.25) is 0 Å². The average Bonchev–Trinajstić information content (AvgIpc) is 3.14. The number of nitrogens with zero attached hydrogens (tertiary/aromatic N) is 2. The summed E-state index contributed by atoms with van der Waals surface area (Å²) in [5, 5.41) is -0.570. The Labute approximate surface area is 158 Å². The van der Waals surface area contributed by atoms with E-state index in [1.165, 1.54) is 10.4 Å². The van der Waals surface area contributed by atoms with Crippen LogP contribution in [-0.4, -0.2) is 39.2 Å². The van der Waals surface area contributed by atoms with E-state index in [-0.39, 0.29) is 8.42 Å². The number of halogens is 3. The van der Waals surface area contributed by atoms with E-state index in [0.717, 1.165) is 31.4 Å². The van der Waals surface area contributed by atoms with Crippen molar-refractivity contribution >= 4 is 31.2 Å². The molecular weight excluding hydrogens is 425 g/mol. The molecule has 12 heteroatoms. The van der Waals surface area contributed by atoms with Crippen LogP contribution in [0.3, 0.4) is 0 Å². The summed E-state index contributed by atoms with van der Waals surface area (Å²) in [6.45, 7) is 0.756. The van der Waals surface area contributed by atoms with E-state index in [1.54, 1.807) is 0 Å². The molecule has 0 atom stereocenters. The number of thiophene rings is 1. The molecule has 27 heavy (non-hydrogen) atoms. The molecule has 3 rings (SSSR count). The van der Waals surface area contributed by atoms with Gasteiger partial charge in [-0.1, -0.05) is 6.42 Å². The Bertz CT molecular complexity index is 1020. The smallest absolute Gasteiger partial charge is 0.244 e. The minimum Gasteiger partial charge on any atom is -0.244 e. The third-order valence-electron chi connectivity index (χ3n) is 4.07. The number of sulfone groups is 1. The predicted octanol–water partition coefficient (Wildman–Crippen LogP) is 3.17. The van der Waals surface area contributed by atoms with Crippen molar-refractivity contribution in [3.8, 4) is 0 Å². The Morgan fingerprint density at radius 1 is 0.926 bits per heavy atom. The Kier molecular flexibility index (Phi) is 5.36. The number of rotatable bonds is 4. The van der Waals surface area contributed by atoms with Crippen molar-refractivity contribution in [1.29, 1.82) is 0 Å². The van der Waals surface area contributed by atoms with Crippen molar-refractivity contribution in [2.75, 3.05) is 13.1 Å². The van der Waals surface area contributed by atoms with E-state index in [0.29, 0.717) is 36.7 Å². The standard InChI is InChI=1S/C15H15F3N2O4S3/c16-15(17,18)11-4-5-12(19-10-11)26(21,22)13-6-7-14(25-13)27(23,24)20-8-2-1-3-9-20/h4-7,10H,1-3,8-9H2. The highest BCUT2D eigenvalue weighted by Gasteiger charge is 2.33. The summed E-state index contributed by atoms with van der Waals surface area (Å²) in [6, 6.07) is 3.72. The van der Waals surface area contributed by atoms with Gasteiger partial charge >= 0.3 is 6.18 Å². The summed E-state index contributed by atoms with van der Waals surface area (Å²) in [5.41, 5.74) is -1.07. The molecule has 1 aliphatic heterocycles. The number of sulfonamides is 1. The molecule has 0 spiro atoms. The van der Waals surface area contributed by atoms with Crippen LogP contribution in [-0.2, 0) is 26.0 Å². The van der Waals surface area contributed by atoms with Gasteiger partial charge in [-0.2, -0.15) is 17.5 Å². The first kappa shape index (κ1) is 20.2. The number of aromatic nitrogens is 1. The lowest BCUT2D eigenvalue weighted by Gasteiger charge is -2.25. The largest absolute Gasteiger partial charge is 0.417 e. The van der Waals surface area contributed by atoms with Crippen molar-refractivity contribution < 1.29 is 30.0 Å². The molecule has 6 nitrogen and oxygen atoms in total. The van der Waals surface area contributed by atoms with Crippen LogP contribution in [0.15, 0.2) is 43.9 Å². The van der Waals surface area contributed by atoms with Gasteiger partial charge < -0.3 is 0 Å². The van der Waals surface area contributed by atoms with E-state index in [9.17, 15) is 30.0 Å². The molecule has 0 saturated carbocycles. The maximum absolute atomic E-state index is 12.6. The normalized spacial score (nSPS) is 17.1. The minimum absolute atomic E-state index is 0.116. The molecule has 148 valence electrons. The van der Waals surface area contributed by atoms with Crippen molar-refractivity contribution in [2.45, 2.75) is 38.9 Å². The Balaban J connectivity index is 1.91. The van der Waals surface area contributed by atoms with Crippen LogP contribution in [0.1, 0.15) is 24.8 Å². The summed E-state index contributed by atoms with van der Waals surface area (Å²) in [6.07, 6.45) is -1.77. The number of hydrogen-bond donors (Lipinski definition) is 0. The van der Waals surface area contributed by atoms with Crippen LogP contribution < -0.4 is 0 Å². The van der Waals surface area contributed by atoms with Crippen molar-refractivity contribution in [3.05, 3.63) is 36.0 Å². The van der Waals surface area contributed by atoms with Crippen molar-refractivity contribution in [2.24, 2.45) is 0 Å². The first-order chi connectivity index (χ1) is 12.5. The van der Waals surface area contributed by atoms with Crippen LogP contribution in [0.5, 0.6) is 0 Å². The fourth-order valence-electron chi connectivity index (χ4n) is 2.63. The van der Waals surface area contributed by atoms with Gasteiger partial charge in [-0.05, 0) is 37.1 Å². The lowest BCUT2D eigenvalue weighted by Crippen LogP contribution is -2.35. The zero-order valence-corrected chi connectivity index (χ0v) is 16.3. The quantitative estimate of drug-likeness (QED) is 0.729. The monoisotopic (exact) mass is 440 g/mol. The highest BCUT2D eigenvalue weighted by molar-refractivity contribution is 7.95. The summed E-state index contributed by atoms with van der Waals surface area (Å²) in [5.74, 6) is 0. The zero-order chi connectivity index (χ0) is 19.9. The number of piperidine rings is 1. The molecule has 2 aromatic heterocycles. The Morgan fingerprint density at radius 3 is 2.11 bits per heavy atom. The van der Waals surface area contributed by atoms with Crippen LogP contribution in [0.25, 0.3) is 0 Å². The van der Waals surface area contributed by atoms with E-state index in [1.807, 2.05) is 0 Å². The first-order valence-corrected chi connectivity index (χ1v) is 11.7. The molecule has 0 unspecified atom stereocenters. The number of hydrogen-bond acceptors (Lipinski definition) is 6. The van der Waals surface area contributed by atoms with Gasteiger partial charge in [-0.25, -0.2) is 21.8 Å². The predicted molar refractivity (Wildman–Crippen MR) is 91.6 cm³/mol. The van der Waals surface area contributed by atoms with Gasteiger partial charge in [0.2, 0.25) is 9.84 Å². The molecule has 3 heterocycles. The maximum atomic E-state index is 12.6. The maximum Gasteiger partial charge on any atom is 0.417 e. The summed E-state index contributed by atoms with van der Waals surface area (Å²) in [4.78, 5) is 3.39. The fraction of sp³-hybridized carbons (Fsp3) is 0.400. The molecule has 0 aromatic carbocycles. The highest BCUT2D eigenvalue weighted by Crippen LogP contribution is 2.33. The van der Waals surface area contributed by atoms with Gasteiger partial charge in [-0.15, -0.1) is 11.3 Å². The topological polar surface area (TPSA) is 84.4 Å². The lowest BCUT2D eigenvalue weighted by molar-refractivity contribution is -0.137. The average molecular weight is 440 g/mol. The molecule has 0 aliphatic carbocycles. The Hall–Kier alpha value is -1.50. The third-order valence-corrected chi connectivity index (χ3v) is 9.68. The SMILES string of the molecule is O=S(=O)(c1ccc(C(F)(F)F)cn1)c1ccc(S(=O)(=O)N2CCCCC2)s1. The fourth-order valence-corrected chi connectivity index (χ4v) is 7.35. The van der Waals surface area contributed by atoms with Crippen LogP contribution in [0.4, 0.5) is 13.2 Å². The lowest BCUT2D eigenvalue weighted by atomic mass is 10.2. The van der Waals surface area contributed by atoms with E-state index in [4.69, 9.17) is 0 Å². The summed E-state index contributed by atoms with van der Waals surface area (Å²) >= 11 is 0.565. The second kappa shape index (κ2) is 7.15. The van der Waals surface area contributed by atoms with Crippen molar-refractivity contribution in [1.82, 2.24) is 9.29 Å². The molecule has 0 radical (unpaired) electrons. The van der Waals surface area contributed by atoms with Gasteiger partial charge in [0, 0.05) is 19.3 Å². The Morgan fingerprint density at radius 2 is 1.56 bits per heavy atom. The van der Waals surface area contributed by atoms with Crippen molar-refractivity contribution in [3.63, 3.8) is 0 Å². The van der Waals surface area contributed by atoms with Gasteiger partial charge in [0.1, 0.15) is 8.42 Å². The molecule has 0 N–H and O–H groups in total. The summed E-state index contributed by atoms with van der Waals surface area (Å²) in [7, 11) is -8.01. The first-order valence-electron chi connectivity index (χ1n) is 7.91. The van der Waals surface area contributed by atoms with Crippen LogP contribution in [0, 0.1) is 0 Å².